The topological polar surface area (TPSA) is 118 Å². The Kier molecular flexibility index (Phi) is 6.36. The number of anilines is 1. The van der Waals surface area contributed by atoms with Crippen LogP contribution in [0.25, 0.3) is 11.0 Å². The number of rotatable bonds is 5. The van der Waals surface area contributed by atoms with Gasteiger partial charge in [0.2, 0.25) is 6.33 Å². The number of benzene rings is 1. The maximum atomic E-state index is 10.4. The number of hydrogen-bond donors (Lipinski definition) is 2. The van der Waals surface area contributed by atoms with E-state index in [4.69, 9.17) is 15.6 Å². The number of aryl methyl sites for hydroxylation is 1. The van der Waals surface area contributed by atoms with Gasteiger partial charge in [0.1, 0.15) is 17.6 Å². The number of ether oxygens (including phenoxy) is 1. The van der Waals surface area contributed by atoms with Crippen LogP contribution in [0, 0.1) is 11.8 Å². The van der Waals surface area contributed by atoms with Crippen molar-refractivity contribution in [3.63, 3.8) is 0 Å². The lowest BCUT2D eigenvalue weighted by Crippen LogP contribution is -2.40. The number of aliphatic hydroxyl groups is 1. The first-order valence-electron chi connectivity index (χ1n) is 11.2. The lowest BCUT2D eigenvalue weighted by molar-refractivity contribution is -0.431. The summed E-state index contributed by atoms with van der Waals surface area (Å²) < 4.78 is 9.21. The molecule has 3 aromatic rings. The van der Waals surface area contributed by atoms with Crippen LogP contribution in [0.3, 0.4) is 0 Å². The van der Waals surface area contributed by atoms with Crippen molar-refractivity contribution < 1.29 is 14.2 Å². The van der Waals surface area contributed by atoms with Crippen LogP contribution in [0.2, 0.25) is 5.54 Å². The van der Waals surface area contributed by atoms with Gasteiger partial charge in [0.05, 0.1) is 24.0 Å². The minimum Gasteiger partial charge on any atom is -0.383 e. The molecule has 2 aliphatic heterocycles. The standard InChI is InChI=1S/C24H26N8O2Si/c1-4-21(33)31-11-17(10-16(31)12-34-3)35-32-24-22(23(25)26-13-27-24)18(29-32)7-5-15-6-8-20-19(9-15)28-14-30(20)2/h4,6,8-9,13-14,16-17,21,33H,1,10-12H2,2-3H3,(H2,25,26,27)/q+1/t16-,17?,21?/m1/s1. The van der Waals surface area contributed by atoms with Crippen molar-refractivity contribution in [3.8, 4) is 11.8 Å². The predicted molar refractivity (Wildman–Crippen MR) is 133 cm³/mol. The van der Waals surface area contributed by atoms with Crippen LogP contribution >= 0.6 is 0 Å². The maximum Gasteiger partial charge on any atom is 0.349 e. The molecule has 0 aliphatic carbocycles. The van der Waals surface area contributed by atoms with Gasteiger partial charge in [-0.3, -0.25) is 4.90 Å². The molecule has 0 bridgehead atoms. The van der Waals surface area contributed by atoms with E-state index >= 15 is 0 Å². The van der Waals surface area contributed by atoms with Gasteiger partial charge in [0, 0.05) is 37.8 Å². The van der Waals surface area contributed by atoms with Crippen molar-refractivity contribution in [1.29, 1.82) is 0 Å². The first kappa shape index (κ1) is 23.2. The molecular weight excluding hydrogens is 460 g/mol. The lowest BCUT2D eigenvalue weighted by Gasteiger charge is -2.26. The van der Waals surface area contributed by atoms with Crippen molar-refractivity contribution in [2.24, 2.45) is 12.1 Å². The minimum atomic E-state index is -0.713. The average Bonchev–Trinajstić information content (AvgIpc) is 3.54. The number of nitrogens with two attached hydrogens (primary N) is 1. The second-order valence-corrected chi connectivity index (χ2v) is 10.0. The number of methoxy groups -OCH3 is 1. The highest BCUT2D eigenvalue weighted by molar-refractivity contribution is 6.23. The van der Waals surface area contributed by atoms with E-state index in [1.54, 1.807) is 19.5 Å². The Hall–Kier alpha value is -3.56. The van der Waals surface area contributed by atoms with E-state index in [1.807, 2.05) is 39.0 Å². The van der Waals surface area contributed by atoms with Crippen LogP contribution in [0.15, 0.2) is 48.6 Å². The fourth-order valence-corrected chi connectivity index (χ4v) is 5.99. The molecule has 5 rings (SSSR count). The van der Waals surface area contributed by atoms with Crippen molar-refractivity contribution >= 4 is 37.7 Å². The molecule has 2 aliphatic rings. The quantitative estimate of drug-likeness (QED) is 0.317. The molecule has 11 heteroatoms. The number of aliphatic hydroxyl groups excluding tert-OH is 1. The van der Waals surface area contributed by atoms with Crippen molar-refractivity contribution in [2.75, 3.05) is 26.0 Å². The molecule has 10 nitrogen and oxygen atoms in total. The molecule has 1 fully saturated rings. The van der Waals surface area contributed by atoms with Gasteiger partial charge in [-0.25, -0.2) is 4.98 Å². The second-order valence-electron chi connectivity index (χ2n) is 8.54. The number of aromatic nitrogens is 4. The number of fused-ring (bicyclic) bond motifs is 2. The highest BCUT2D eigenvalue weighted by Gasteiger charge is 2.38. The predicted octanol–water partition coefficient (Wildman–Crippen LogP) is 1.26. The van der Waals surface area contributed by atoms with Gasteiger partial charge in [-0.1, -0.05) is 17.6 Å². The molecule has 2 unspecified atom stereocenters. The summed E-state index contributed by atoms with van der Waals surface area (Å²) in [5.74, 6) is 7.37. The van der Waals surface area contributed by atoms with E-state index < -0.39 is 6.23 Å². The van der Waals surface area contributed by atoms with Gasteiger partial charge in [-0.2, -0.15) is 9.31 Å². The highest BCUT2D eigenvalue weighted by Crippen LogP contribution is 2.31. The number of imidazole rings is 1. The van der Waals surface area contributed by atoms with Gasteiger partial charge in [-0.15, -0.1) is 0 Å². The van der Waals surface area contributed by atoms with Crippen LogP contribution in [0.1, 0.15) is 17.5 Å². The van der Waals surface area contributed by atoms with E-state index in [2.05, 4.69) is 33.4 Å². The Morgan fingerprint density at radius 2 is 2.23 bits per heavy atom. The first-order chi connectivity index (χ1) is 17.0. The summed E-state index contributed by atoms with van der Waals surface area (Å²) in [6.07, 6.45) is 4.93. The molecule has 35 heavy (non-hydrogen) atoms. The Bertz CT molecular complexity index is 1420. The SMILES string of the molecule is C=CC(O)N1CC([Si]=[N+]2N=C(C#Cc3ccc4c(c3)ncn4C)c3c(N)ncnc32)C[C@@H]1COC. The van der Waals surface area contributed by atoms with Gasteiger partial charge in [0.25, 0.3) is 0 Å². The molecular formula is C24H26N8O2Si+. The summed E-state index contributed by atoms with van der Waals surface area (Å²) in [4.78, 5) is 15.0. The van der Waals surface area contributed by atoms with Crippen molar-refractivity contribution in [3.05, 3.63) is 54.6 Å². The molecule has 1 radical (unpaired) electrons. The lowest BCUT2D eigenvalue weighted by atomic mass is 10.1. The normalized spacial score (nSPS) is 21.6. The summed E-state index contributed by atoms with van der Waals surface area (Å²) >= 11 is 0. The van der Waals surface area contributed by atoms with Crippen molar-refractivity contribution in [2.45, 2.75) is 24.2 Å². The summed E-state index contributed by atoms with van der Waals surface area (Å²) in [6.45, 7) is 4.97. The molecule has 1 aromatic carbocycles. The summed E-state index contributed by atoms with van der Waals surface area (Å²) in [5, 5.41) is 15.1. The Morgan fingerprint density at radius 3 is 3.03 bits per heavy atom. The Balaban J connectivity index is 1.47. The molecule has 3 N–H and O–H groups in total. The molecule has 0 saturated carbocycles. The van der Waals surface area contributed by atoms with Gasteiger partial charge in [-0.05, 0) is 41.6 Å². The molecule has 3 atom stereocenters. The number of likely N-dealkylation sites (tertiary alicyclic amines) is 1. The number of hydrogen-bond acceptors (Lipinski definition) is 8. The number of hydrazone groups is 1. The average molecular weight is 487 g/mol. The summed E-state index contributed by atoms with van der Waals surface area (Å²) in [6, 6.07) is 6.03. The van der Waals surface area contributed by atoms with E-state index in [0.717, 1.165) is 23.0 Å². The third-order valence-corrected chi connectivity index (χ3v) is 7.56. The third-order valence-electron chi connectivity index (χ3n) is 6.22. The zero-order valence-electron chi connectivity index (χ0n) is 19.6. The van der Waals surface area contributed by atoms with Crippen LogP contribution < -0.4 is 5.73 Å². The fraction of sp³-hybridized carbons (Fsp3) is 0.333. The fourth-order valence-electron chi connectivity index (χ4n) is 4.52. The molecule has 0 amide bonds. The van der Waals surface area contributed by atoms with Gasteiger partial charge >= 0.3 is 15.1 Å². The maximum absolute atomic E-state index is 10.4. The van der Waals surface area contributed by atoms with Gasteiger partial charge in [0.15, 0.2) is 5.71 Å². The van der Waals surface area contributed by atoms with E-state index in [0.29, 0.717) is 45.4 Å². The van der Waals surface area contributed by atoms with Crippen LogP contribution in [-0.4, -0.2) is 81.4 Å². The Labute approximate surface area is 205 Å². The van der Waals surface area contributed by atoms with E-state index in [9.17, 15) is 5.11 Å². The van der Waals surface area contributed by atoms with Crippen LogP contribution in [0.4, 0.5) is 11.6 Å². The number of nitrogen functional groups attached to an aromatic ring is 1. The zero-order chi connectivity index (χ0) is 24.5. The first-order valence-corrected chi connectivity index (χ1v) is 12.2. The second kappa shape index (κ2) is 9.59. The molecule has 2 aromatic heterocycles. The van der Waals surface area contributed by atoms with E-state index in [-0.39, 0.29) is 11.6 Å². The third kappa shape index (κ3) is 4.44. The van der Waals surface area contributed by atoms with Crippen LogP contribution in [0.5, 0.6) is 0 Å². The molecule has 4 heterocycles. The van der Waals surface area contributed by atoms with Gasteiger partial charge < -0.3 is 20.1 Å². The molecule has 177 valence electrons. The zero-order valence-corrected chi connectivity index (χ0v) is 20.6. The summed E-state index contributed by atoms with van der Waals surface area (Å²) in [5.41, 5.74) is 10.4. The molecule has 0 spiro atoms. The number of nitrogens with zero attached hydrogens (tertiary/aromatic N) is 7. The van der Waals surface area contributed by atoms with E-state index in [1.165, 1.54) is 6.33 Å². The highest BCUT2D eigenvalue weighted by atomic mass is 28.2. The van der Waals surface area contributed by atoms with Crippen LogP contribution in [-0.2, 0) is 11.8 Å². The smallest absolute Gasteiger partial charge is 0.349 e. The summed E-state index contributed by atoms with van der Waals surface area (Å²) in [7, 11) is 3.93. The largest absolute Gasteiger partial charge is 0.383 e. The van der Waals surface area contributed by atoms with Crippen molar-refractivity contribution in [1.82, 2.24) is 24.4 Å². The molecule has 1 saturated heterocycles. The monoisotopic (exact) mass is 486 g/mol. The Morgan fingerprint density at radius 1 is 1.37 bits per heavy atom. The minimum absolute atomic E-state index is 0.104.